The van der Waals surface area contributed by atoms with Crippen LogP contribution in [0.5, 0.6) is 0 Å². The fourth-order valence-electron chi connectivity index (χ4n) is 1.39. The first kappa shape index (κ1) is 14.7. The molecule has 0 saturated heterocycles. The summed E-state index contributed by atoms with van der Waals surface area (Å²) in [4.78, 5) is 28.5. The van der Waals surface area contributed by atoms with Gasteiger partial charge in [0.1, 0.15) is 0 Å². The van der Waals surface area contributed by atoms with Crippen molar-refractivity contribution >= 4 is 17.6 Å². The molecule has 7 heteroatoms. The van der Waals surface area contributed by atoms with E-state index in [2.05, 4.69) is 20.9 Å². The number of amides is 3. The summed E-state index contributed by atoms with van der Waals surface area (Å²) >= 11 is 0. The quantitative estimate of drug-likeness (QED) is 0.660. The first-order chi connectivity index (χ1) is 9.06. The monoisotopic (exact) mass is 265 g/mol. The second kappa shape index (κ2) is 7.20. The number of hydrogen-bond acceptors (Lipinski definition) is 4. The van der Waals surface area contributed by atoms with Crippen molar-refractivity contribution < 1.29 is 9.59 Å². The van der Waals surface area contributed by atoms with E-state index in [0.717, 1.165) is 0 Å². The van der Waals surface area contributed by atoms with Crippen LogP contribution in [0, 0.1) is 0 Å². The molecule has 0 atom stereocenters. The Hall–Kier alpha value is -2.31. The molecule has 0 aliphatic rings. The largest absolute Gasteiger partial charge is 0.386 e. The topological polar surface area (TPSA) is 86.4 Å². The van der Waals surface area contributed by atoms with Crippen LogP contribution in [-0.2, 0) is 0 Å². The standard InChI is InChI=1S/C12H19N5O2/c1-13-10-8-14-5-4-9(10)11(18)15-6-7-16-12(19)17(2)3/h4-5,8,13H,6-7H2,1-3H3,(H,15,18)(H,16,19). The van der Waals surface area contributed by atoms with Crippen molar-refractivity contribution in [2.75, 3.05) is 39.5 Å². The number of rotatable bonds is 5. The Balaban J connectivity index is 2.41. The lowest BCUT2D eigenvalue weighted by atomic mass is 10.2. The van der Waals surface area contributed by atoms with E-state index in [1.165, 1.54) is 4.90 Å². The minimum Gasteiger partial charge on any atom is -0.386 e. The number of carbonyl (C=O) groups is 2. The smallest absolute Gasteiger partial charge is 0.316 e. The second-order valence-electron chi connectivity index (χ2n) is 4.05. The lowest BCUT2D eigenvalue weighted by Gasteiger charge is -2.12. The number of urea groups is 1. The summed E-state index contributed by atoms with van der Waals surface area (Å²) in [6.07, 6.45) is 3.15. The molecular weight excluding hydrogens is 246 g/mol. The molecule has 0 saturated carbocycles. The Morgan fingerprint density at radius 2 is 1.95 bits per heavy atom. The predicted octanol–water partition coefficient (Wildman–Crippen LogP) is 0.124. The number of carbonyl (C=O) groups excluding carboxylic acids is 2. The summed E-state index contributed by atoms with van der Waals surface area (Å²) in [6, 6.07) is 1.45. The third-order valence-electron chi connectivity index (χ3n) is 2.43. The van der Waals surface area contributed by atoms with Gasteiger partial charge in [0, 0.05) is 40.4 Å². The fourth-order valence-corrected chi connectivity index (χ4v) is 1.39. The molecule has 0 spiro atoms. The molecule has 0 aromatic carbocycles. The van der Waals surface area contributed by atoms with Gasteiger partial charge >= 0.3 is 6.03 Å². The van der Waals surface area contributed by atoms with E-state index in [9.17, 15) is 9.59 Å². The molecule has 0 aliphatic heterocycles. The van der Waals surface area contributed by atoms with Gasteiger partial charge in [0.2, 0.25) is 0 Å². The molecule has 19 heavy (non-hydrogen) atoms. The molecule has 1 aromatic heterocycles. The highest BCUT2D eigenvalue weighted by Gasteiger charge is 2.09. The van der Waals surface area contributed by atoms with Crippen LogP contribution in [0.1, 0.15) is 10.4 Å². The van der Waals surface area contributed by atoms with Gasteiger partial charge in [-0.05, 0) is 6.07 Å². The van der Waals surface area contributed by atoms with E-state index in [0.29, 0.717) is 24.3 Å². The molecule has 104 valence electrons. The lowest BCUT2D eigenvalue weighted by molar-refractivity contribution is 0.0954. The van der Waals surface area contributed by atoms with E-state index < -0.39 is 0 Å². The minimum atomic E-state index is -0.203. The van der Waals surface area contributed by atoms with Gasteiger partial charge in [-0.1, -0.05) is 0 Å². The summed E-state index contributed by atoms with van der Waals surface area (Å²) in [5.74, 6) is -0.203. The van der Waals surface area contributed by atoms with Crippen molar-refractivity contribution in [3.05, 3.63) is 24.0 Å². The maximum absolute atomic E-state index is 11.9. The van der Waals surface area contributed by atoms with E-state index in [4.69, 9.17) is 0 Å². The normalized spacial score (nSPS) is 9.63. The highest BCUT2D eigenvalue weighted by molar-refractivity contribution is 5.99. The molecule has 1 heterocycles. The first-order valence-electron chi connectivity index (χ1n) is 5.91. The average Bonchev–Trinajstić information content (AvgIpc) is 2.42. The van der Waals surface area contributed by atoms with Crippen LogP contribution in [0.25, 0.3) is 0 Å². The maximum Gasteiger partial charge on any atom is 0.316 e. The molecule has 7 nitrogen and oxygen atoms in total. The van der Waals surface area contributed by atoms with Crippen molar-refractivity contribution in [1.29, 1.82) is 0 Å². The van der Waals surface area contributed by atoms with Gasteiger partial charge < -0.3 is 20.9 Å². The van der Waals surface area contributed by atoms with Crippen LogP contribution in [0.2, 0.25) is 0 Å². The predicted molar refractivity (Wildman–Crippen MR) is 73.2 cm³/mol. The van der Waals surface area contributed by atoms with Crippen molar-refractivity contribution in [2.24, 2.45) is 0 Å². The SMILES string of the molecule is CNc1cnccc1C(=O)NCCNC(=O)N(C)C. The Morgan fingerprint density at radius 3 is 2.58 bits per heavy atom. The van der Waals surface area contributed by atoms with Crippen LogP contribution >= 0.6 is 0 Å². The molecule has 0 fully saturated rings. The van der Waals surface area contributed by atoms with Gasteiger partial charge in [0.05, 0.1) is 17.4 Å². The number of nitrogens with zero attached hydrogens (tertiary/aromatic N) is 2. The summed E-state index contributed by atoms with van der Waals surface area (Å²) < 4.78 is 0. The summed E-state index contributed by atoms with van der Waals surface area (Å²) in [6.45, 7) is 0.743. The van der Waals surface area contributed by atoms with Gasteiger partial charge in [-0.3, -0.25) is 9.78 Å². The van der Waals surface area contributed by atoms with E-state index in [1.54, 1.807) is 39.6 Å². The van der Waals surface area contributed by atoms with Crippen LogP contribution < -0.4 is 16.0 Å². The van der Waals surface area contributed by atoms with Crippen molar-refractivity contribution in [2.45, 2.75) is 0 Å². The Kier molecular flexibility index (Phi) is 5.59. The summed E-state index contributed by atoms with van der Waals surface area (Å²) in [7, 11) is 5.04. The third kappa shape index (κ3) is 4.46. The zero-order valence-electron chi connectivity index (χ0n) is 11.4. The molecule has 0 unspecified atom stereocenters. The first-order valence-corrected chi connectivity index (χ1v) is 5.91. The van der Waals surface area contributed by atoms with Gasteiger partial charge in [-0.2, -0.15) is 0 Å². The molecule has 1 aromatic rings. The van der Waals surface area contributed by atoms with Crippen LogP contribution in [-0.4, -0.2) is 56.1 Å². The average molecular weight is 265 g/mol. The zero-order valence-corrected chi connectivity index (χ0v) is 11.4. The summed E-state index contributed by atoms with van der Waals surface area (Å²) in [5, 5.41) is 8.29. The van der Waals surface area contributed by atoms with Crippen LogP contribution in [0.4, 0.5) is 10.5 Å². The van der Waals surface area contributed by atoms with E-state index in [-0.39, 0.29) is 11.9 Å². The number of aromatic nitrogens is 1. The van der Waals surface area contributed by atoms with E-state index in [1.807, 2.05) is 0 Å². The molecule has 0 radical (unpaired) electrons. The van der Waals surface area contributed by atoms with Crippen LogP contribution in [0.3, 0.4) is 0 Å². The highest BCUT2D eigenvalue weighted by atomic mass is 16.2. The molecule has 0 bridgehead atoms. The number of anilines is 1. The van der Waals surface area contributed by atoms with Crippen LogP contribution in [0.15, 0.2) is 18.5 Å². The van der Waals surface area contributed by atoms with Crippen molar-refractivity contribution in [3.63, 3.8) is 0 Å². The number of pyridine rings is 1. The molecule has 3 N–H and O–H groups in total. The van der Waals surface area contributed by atoms with Crippen molar-refractivity contribution in [1.82, 2.24) is 20.5 Å². The third-order valence-corrected chi connectivity index (χ3v) is 2.43. The molecule has 1 rings (SSSR count). The van der Waals surface area contributed by atoms with Gasteiger partial charge in [-0.25, -0.2) is 4.79 Å². The Bertz CT molecular complexity index is 448. The fraction of sp³-hybridized carbons (Fsp3) is 0.417. The zero-order chi connectivity index (χ0) is 14.3. The number of nitrogens with one attached hydrogen (secondary N) is 3. The second-order valence-corrected chi connectivity index (χ2v) is 4.05. The minimum absolute atomic E-state index is 0.186. The molecule has 3 amide bonds. The molecular formula is C12H19N5O2. The maximum atomic E-state index is 11.9. The Morgan fingerprint density at radius 1 is 1.26 bits per heavy atom. The Labute approximate surface area is 112 Å². The van der Waals surface area contributed by atoms with E-state index >= 15 is 0 Å². The van der Waals surface area contributed by atoms with Gasteiger partial charge in [0.15, 0.2) is 0 Å². The van der Waals surface area contributed by atoms with Gasteiger partial charge in [-0.15, -0.1) is 0 Å². The molecule has 0 aliphatic carbocycles. The number of hydrogen-bond donors (Lipinski definition) is 3. The highest BCUT2D eigenvalue weighted by Crippen LogP contribution is 2.11. The van der Waals surface area contributed by atoms with Crippen molar-refractivity contribution in [3.8, 4) is 0 Å². The summed E-state index contributed by atoms with van der Waals surface area (Å²) in [5.41, 5.74) is 1.19. The van der Waals surface area contributed by atoms with Gasteiger partial charge in [0.25, 0.3) is 5.91 Å². The lowest BCUT2D eigenvalue weighted by Crippen LogP contribution is -2.39.